The number of pyridine rings is 1. The molecule has 0 spiro atoms. The molecule has 6 nitrogen and oxygen atoms in total. The van der Waals surface area contributed by atoms with E-state index in [9.17, 15) is 14.9 Å². The summed E-state index contributed by atoms with van der Waals surface area (Å²) < 4.78 is 1.34. The highest BCUT2D eigenvalue weighted by atomic mass is 16.6. The Morgan fingerprint density at radius 3 is 2.81 bits per heavy atom. The van der Waals surface area contributed by atoms with Crippen LogP contribution in [0.4, 0.5) is 5.69 Å². The standard InChI is InChI=1S/C10H15N3O3/c1-8(2)11-5-7-12-6-3-4-9(10(12)14)13(15)16/h3-4,6,8,11H,5,7H2,1-2H3. The first-order valence-corrected chi connectivity index (χ1v) is 5.09. The van der Waals surface area contributed by atoms with Crippen LogP contribution < -0.4 is 10.9 Å². The molecule has 6 heteroatoms. The summed E-state index contributed by atoms with van der Waals surface area (Å²) in [5.41, 5.74) is -0.940. The lowest BCUT2D eigenvalue weighted by Crippen LogP contribution is -2.30. The van der Waals surface area contributed by atoms with Crippen LogP contribution in [0.2, 0.25) is 0 Å². The van der Waals surface area contributed by atoms with Gasteiger partial charge in [0.1, 0.15) is 0 Å². The Hall–Kier alpha value is -1.69. The highest BCUT2D eigenvalue weighted by Crippen LogP contribution is 2.01. The molecule has 0 aliphatic heterocycles. The van der Waals surface area contributed by atoms with Crippen molar-refractivity contribution in [2.24, 2.45) is 0 Å². The van der Waals surface area contributed by atoms with Gasteiger partial charge < -0.3 is 9.88 Å². The quantitative estimate of drug-likeness (QED) is 0.592. The summed E-state index contributed by atoms with van der Waals surface area (Å²) in [5.74, 6) is 0. The van der Waals surface area contributed by atoms with Crippen molar-refractivity contribution in [1.82, 2.24) is 9.88 Å². The molecular formula is C10H15N3O3. The van der Waals surface area contributed by atoms with E-state index in [-0.39, 0.29) is 5.69 Å². The molecule has 1 heterocycles. The molecule has 0 radical (unpaired) electrons. The average molecular weight is 225 g/mol. The molecule has 0 aromatic carbocycles. The van der Waals surface area contributed by atoms with Gasteiger partial charge in [-0.15, -0.1) is 0 Å². The molecule has 0 aliphatic rings. The van der Waals surface area contributed by atoms with Gasteiger partial charge in [-0.2, -0.15) is 0 Å². The molecule has 1 aromatic rings. The lowest BCUT2D eigenvalue weighted by Gasteiger charge is -2.09. The average Bonchev–Trinajstić information content (AvgIpc) is 2.19. The Morgan fingerprint density at radius 2 is 2.25 bits per heavy atom. The lowest BCUT2D eigenvalue weighted by atomic mass is 10.4. The van der Waals surface area contributed by atoms with Crippen molar-refractivity contribution >= 4 is 5.69 Å². The zero-order valence-corrected chi connectivity index (χ0v) is 9.34. The van der Waals surface area contributed by atoms with E-state index >= 15 is 0 Å². The first-order chi connectivity index (χ1) is 7.52. The topological polar surface area (TPSA) is 77.2 Å². The summed E-state index contributed by atoms with van der Waals surface area (Å²) >= 11 is 0. The molecule has 0 aliphatic carbocycles. The number of nitrogens with zero attached hydrogens (tertiary/aromatic N) is 2. The van der Waals surface area contributed by atoms with Crippen LogP contribution in [0.25, 0.3) is 0 Å². The number of hydrogen-bond acceptors (Lipinski definition) is 4. The maximum Gasteiger partial charge on any atom is 0.334 e. The van der Waals surface area contributed by atoms with E-state index in [1.165, 1.54) is 16.7 Å². The largest absolute Gasteiger partial charge is 0.334 e. The molecule has 0 atom stereocenters. The van der Waals surface area contributed by atoms with E-state index in [4.69, 9.17) is 0 Å². The van der Waals surface area contributed by atoms with Crippen LogP contribution in [0.15, 0.2) is 23.1 Å². The number of hydrogen-bond donors (Lipinski definition) is 1. The maximum absolute atomic E-state index is 11.6. The molecule has 1 rings (SSSR count). The van der Waals surface area contributed by atoms with Crippen molar-refractivity contribution in [1.29, 1.82) is 0 Å². The Bertz CT molecular complexity index is 426. The van der Waals surface area contributed by atoms with Gasteiger partial charge in [0.2, 0.25) is 0 Å². The predicted molar refractivity (Wildman–Crippen MR) is 60.5 cm³/mol. The lowest BCUT2D eigenvalue weighted by molar-refractivity contribution is -0.386. The third kappa shape index (κ3) is 3.16. The summed E-state index contributed by atoms with van der Waals surface area (Å²) in [6.07, 6.45) is 1.55. The smallest absolute Gasteiger partial charge is 0.313 e. The summed E-state index contributed by atoms with van der Waals surface area (Å²) in [7, 11) is 0. The summed E-state index contributed by atoms with van der Waals surface area (Å²) in [5, 5.41) is 13.7. The Balaban J connectivity index is 2.78. The highest BCUT2D eigenvalue weighted by molar-refractivity contribution is 5.24. The minimum atomic E-state index is -0.658. The molecule has 0 saturated carbocycles. The van der Waals surface area contributed by atoms with Crippen LogP contribution in [-0.4, -0.2) is 22.1 Å². The van der Waals surface area contributed by atoms with Crippen molar-refractivity contribution in [2.45, 2.75) is 26.4 Å². The number of rotatable bonds is 5. The summed E-state index contributed by atoms with van der Waals surface area (Å²) in [4.78, 5) is 21.5. The first kappa shape index (κ1) is 12.4. The van der Waals surface area contributed by atoms with E-state index in [2.05, 4.69) is 5.32 Å². The minimum absolute atomic E-state index is 0.328. The van der Waals surface area contributed by atoms with Crippen LogP contribution in [-0.2, 0) is 6.54 Å². The molecule has 0 bridgehead atoms. The Kier molecular flexibility index (Phi) is 4.19. The molecule has 0 saturated heterocycles. The van der Waals surface area contributed by atoms with Crippen LogP contribution in [0, 0.1) is 10.1 Å². The maximum atomic E-state index is 11.6. The van der Waals surface area contributed by atoms with Gasteiger partial charge in [-0.05, 0) is 6.07 Å². The first-order valence-electron chi connectivity index (χ1n) is 5.09. The van der Waals surface area contributed by atoms with Gasteiger partial charge in [-0.25, -0.2) is 0 Å². The monoisotopic (exact) mass is 225 g/mol. The molecule has 0 fully saturated rings. The van der Waals surface area contributed by atoms with Gasteiger partial charge >= 0.3 is 11.2 Å². The van der Waals surface area contributed by atoms with Crippen LogP contribution in [0.1, 0.15) is 13.8 Å². The third-order valence-electron chi connectivity index (χ3n) is 2.10. The fourth-order valence-corrected chi connectivity index (χ4v) is 1.31. The SMILES string of the molecule is CC(C)NCCn1cccc([N+](=O)[O-])c1=O. The van der Waals surface area contributed by atoms with Crippen LogP contribution >= 0.6 is 0 Å². The van der Waals surface area contributed by atoms with Crippen molar-refractivity contribution < 1.29 is 4.92 Å². The second kappa shape index (κ2) is 5.41. The summed E-state index contributed by atoms with van der Waals surface area (Å²) in [6.45, 7) is 5.03. The molecule has 1 N–H and O–H groups in total. The molecular weight excluding hydrogens is 210 g/mol. The highest BCUT2D eigenvalue weighted by Gasteiger charge is 2.12. The second-order valence-electron chi connectivity index (χ2n) is 3.76. The van der Waals surface area contributed by atoms with Crippen molar-refractivity contribution in [3.05, 3.63) is 38.8 Å². The molecule has 16 heavy (non-hydrogen) atoms. The summed E-state index contributed by atoms with van der Waals surface area (Å²) in [6, 6.07) is 3.05. The Labute approximate surface area is 93.1 Å². The van der Waals surface area contributed by atoms with Gasteiger partial charge in [-0.1, -0.05) is 13.8 Å². The van der Waals surface area contributed by atoms with Crippen molar-refractivity contribution in [3.8, 4) is 0 Å². The van der Waals surface area contributed by atoms with Gasteiger partial charge in [0.05, 0.1) is 4.92 Å². The zero-order valence-electron chi connectivity index (χ0n) is 9.34. The normalized spacial score (nSPS) is 10.7. The molecule has 88 valence electrons. The van der Waals surface area contributed by atoms with E-state index < -0.39 is 10.5 Å². The third-order valence-corrected chi connectivity index (χ3v) is 2.10. The van der Waals surface area contributed by atoms with Gasteiger partial charge in [0, 0.05) is 31.4 Å². The number of nitrogens with one attached hydrogen (secondary N) is 1. The van der Waals surface area contributed by atoms with E-state index in [0.29, 0.717) is 19.1 Å². The van der Waals surface area contributed by atoms with E-state index in [1.807, 2.05) is 13.8 Å². The van der Waals surface area contributed by atoms with E-state index in [1.54, 1.807) is 6.20 Å². The van der Waals surface area contributed by atoms with Gasteiger partial charge in [0.15, 0.2) is 0 Å². The van der Waals surface area contributed by atoms with Crippen molar-refractivity contribution in [2.75, 3.05) is 6.54 Å². The predicted octanol–water partition coefficient (Wildman–Crippen LogP) is 0.754. The minimum Gasteiger partial charge on any atom is -0.313 e. The molecule has 0 amide bonds. The number of aromatic nitrogens is 1. The van der Waals surface area contributed by atoms with Crippen LogP contribution in [0.5, 0.6) is 0 Å². The zero-order chi connectivity index (χ0) is 12.1. The molecule has 0 unspecified atom stereocenters. The Morgan fingerprint density at radius 1 is 1.56 bits per heavy atom. The molecule has 1 aromatic heterocycles. The number of nitro groups is 1. The van der Waals surface area contributed by atoms with Gasteiger partial charge in [0.25, 0.3) is 0 Å². The second-order valence-corrected chi connectivity index (χ2v) is 3.76. The van der Waals surface area contributed by atoms with E-state index in [0.717, 1.165) is 0 Å². The van der Waals surface area contributed by atoms with Crippen molar-refractivity contribution in [3.63, 3.8) is 0 Å². The fraction of sp³-hybridized carbons (Fsp3) is 0.500. The fourth-order valence-electron chi connectivity index (χ4n) is 1.31. The van der Waals surface area contributed by atoms with Crippen LogP contribution in [0.3, 0.4) is 0 Å². The van der Waals surface area contributed by atoms with Gasteiger partial charge in [-0.3, -0.25) is 14.9 Å².